The van der Waals surface area contributed by atoms with Crippen molar-refractivity contribution in [2.24, 2.45) is 5.73 Å². The van der Waals surface area contributed by atoms with E-state index in [0.717, 1.165) is 0 Å². The van der Waals surface area contributed by atoms with Gasteiger partial charge in [0.2, 0.25) is 0 Å². The van der Waals surface area contributed by atoms with E-state index in [4.69, 9.17) is 224 Å². The van der Waals surface area contributed by atoms with Gasteiger partial charge in [-0.3, -0.25) is 4.79 Å². The van der Waals surface area contributed by atoms with Crippen molar-refractivity contribution >= 4 is 5.78 Å². The van der Waals surface area contributed by atoms with Crippen LogP contribution in [0.4, 0.5) is 0 Å². The Hall–Kier alpha value is -2.47. The van der Waals surface area contributed by atoms with E-state index in [9.17, 15) is 4.79 Å². The molecule has 48 nitrogen and oxygen atoms in total. The minimum absolute atomic E-state index is 0.0782. The predicted octanol–water partition coefficient (Wildman–Crippen LogP) is 1.63. The summed E-state index contributed by atoms with van der Waals surface area (Å²) >= 11 is 0. The summed E-state index contributed by atoms with van der Waals surface area (Å²) in [6.07, 6.45) is 1.15. The highest BCUT2D eigenvalue weighted by Gasteiger charge is 2.08. The number of ketones is 1. The van der Waals surface area contributed by atoms with Crippen LogP contribution in [0.2, 0.25) is 0 Å². The fourth-order valence-corrected chi connectivity index (χ4v) is 10.6. The summed E-state index contributed by atoms with van der Waals surface area (Å²) < 4.78 is 254. The molecular formula is C99H197NO47. The van der Waals surface area contributed by atoms with Gasteiger partial charge in [-0.2, -0.15) is 0 Å². The summed E-state index contributed by atoms with van der Waals surface area (Å²) in [5.74, 6) is 0.0782. The molecule has 0 unspecified atom stereocenters. The van der Waals surface area contributed by atoms with E-state index in [1.54, 1.807) is 6.92 Å². The van der Waals surface area contributed by atoms with E-state index in [1.807, 2.05) is 0 Å². The molecule has 0 rings (SSSR count). The van der Waals surface area contributed by atoms with Crippen LogP contribution in [0, 0.1) is 0 Å². The van der Waals surface area contributed by atoms with Crippen molar-refractivity contribution in [3.05, 3.63) is 12.2 Å². The quantitative estimate of drug-likeness (QED) is 0.0668. The smallest absolute Gasteiger partial charge is 0.158 e. The van der Waals surface area contributed by atoms with E-state index in [-0.39, 0.29) is 5.78 Å². The summed E-state index contributed by atoms with van der Waals surface area (Å²) in [6, 6.07) is 0. The lowest BCUT2D eigenvalue weighted by atomic mass is 10.1. The first-order chi connectivity index (χ1) is 73.2. The minimum Gasteiger partial charge on any atom is -0.379 e. The Kier molecular flexibility index (Phi) is 137. The standard InChI is InChI=1S/C99H197NO47/c1-98(2)99(101)4-3-6-102-8-10-104-12-14-106-16-18-108-20-22-110-24-26-112-28-30-114-32-34-116-36-38-118-40-42-120-44-46-122-48-50-124-52-54-126-56-58-128-60-62-130-64-66-132-68-70-134-72-74-136-76-78-138-80-82-140-84-86-142-88-90-144-92-94-146-96-97-147-95-93-145-91-89-143-87-85-141-83-81-139-79-77-137-75-73-135-71-69-133-67-65-131-63-61-129-59-57-127-55-53-125-51-49-123-47-45-121-43-41-119-39-37-117-35-33-115-31-29-113-27-25-111-23-21-109-19-17-107-15-13-105-11-9-103-7-5-100/h1,3-97,100H2,2H3. The summed E-state index contributed by atoms with van der Waals surface area (Å²) in [5.41, 5.74) is 5.94. The molecule has 0 radical (unpaired) electrons. The fourth-order valence-electron chi connectivity index (χ4n) is 10.6. The fraction of sp³-hybridized carbons (Fsp3) is 0.970. The van der Waals surface area contributed by atoms with Crippen molar-refractivity contribution in [1.29, 1.82) is 0 Å². The third kappa shape index (κ3) is 140. The molecule has 0 aromatic carbocycles. The maximum atomic E-state index is 11.5. The third-order valence-electron chi connectivity index (χ3n) is 18.2. The van der Waals surface area contributed by atoms with Crippen molar-refractivity contribution in [2.45, 2.75) is 19.8 Å². The van der Waals surface area contributed by atoms with Crippen LogP contribution in [0.3, 0.4) is 0 Å². The van der Waals surface area contributed by atoms with Crippen molar-refractivity contribution in [3.63, 3.8) is 0 Å². The first kappa shape index (κ1) is 145. The van der Waals surface area contributed by atoms with Gasteiger partial charge in [-0.15, -0.1) is 0 Å². The molecule has 0 aromatic rings. The molecule has 0 aromatic heterocycles. The molecule has 2 N–H and O–H groups in total. The number of nitrogens with two attached hydrogens (primary N) is 1. The molecule has 0 atom stereocenters. The van der Waals surface area contributed by atoms with Gasteiger partial charge < -0.3 is 224 Å². The Morgan fingerprint density at radius 3 is 0.245 bits per heavy atom. The largest absolute Gasteiger partial charge is 0.379 e. The molecule has 0 saturated heterocycles. The maximum absolute atomic E-state index is 11.5. The zero-order chi connectivity index (χ0) is 105. The molecule has 0 saturated carbocycles. The molecule has 0 aliphatic rings. The normalized spacial score (nSPS) is 11.8. The molecule has 147 heavy (non-hydrogen) atoms. The van der Waals surface area contributed by atoms with E-state index < -0.39 is 0 Å². The average Bonchev–Trinajstić information content (AvgIpc) is 1.01. The number of carbonyl (C=O) groups excluding carboxylic acids is 1. The molecular weight excluding hydrogens is 1960 g/mol. The zero-order valence-electron chi connectivity index (χ0n) is 89.6. The Labute approximate surface area is 877 Å². The molecule has 0 aliphatic heterocycles. The van der Waals surface area contributed by atoms with Crippen LogP contribution in [0.15, 0.2) is 12.2 Å². The van der Waals surface area contributed by atoms with Crippen LogP contribution in [-0.2, 0) is 223 Å². The first-order valence-electron chi connectivity index (χ1n) is 52.6. The van der Waals surface area contributed by atoms with E-state index in [1.165, 1.54) is 0 Å². The van der Waals surface area contributed by atoms with Crippen LogP contribution in [-0.4, -0.2) is 620 Å². The van der Waals surface area contributed by atoms with Gasteiger partial charge in [0.1, 0.15) is 0 Å². The highest BCUT2D eigenvalue weighted by Crippen LogP contribution is 2.02. The van der Waals surface area contributed by atoms with Gasteiger partial charge in [0.25, 0.3) is 0 Å². The van der Waals surface area contributed by atoms with Crippen LogP contribution in [0.1, 0.15) is 19.8 Å². The van der Waals surface area contributed by atoms with Gasteiger partial charge in [0.15, 0.2) is 5.78 Å². The van der Waals surface area contributed by atoms with Crippen molar-refractivity contribution in [2.75, 3.05) is 614 Å². The second-order valence-electron chi connectivity index (χ2n) is 30.3. The minimum atomic E-state index is 0.0782. The second kappa shape index (κ2) is 140. The molecule has 48 heteroatoms. The number of ether oxygens (including phenoxy) is 46. The average molecular weight is 2150 g/mol. The van der Waals surface area contributed by atoms with Crippen LogP contribution >= 0.6 is 0 Å². The molecule has 880 valence electrons. The number of carbonyl (C=O) groups is 1. The van der Waals surface area contributed by atoms with Gasteiger partial charge in [-0.05, 0) is 18.9 Å². The highest BCUT2D eigenvalue weighted by molar-refractivity contribution is 5.94. The molecule has 0 aliphatic carbocycles. The molecule has 0 fully saturated rings. The number of Topliss-reactive ketones (excluding diaryl/α,β-unsaturated/α-hetero) is 1. The molecule has 0 heterocycles. The topological polar surface area (TPSA) is 468 Å². The lowest BCUT2D eigenvalue weighted by Crippen LogP contribution is -2.16. The van der Waals surface area contributed by atoms with Gasteiger partial charge in [0, 0.05) is 19.6 Å². The van der Waals surface area contributed by atoms with E-state index in [2.05, 4.69) is 6.58 Å². The summed E-state index contributed by atoms with van der Waals surface area (Å²) in [4.78, 5) is 11.5. The van der Waals surface area contributed by atoms with Crippen LogP contribution in [0.25, 0.3) is 0 Å². The lowest BCUT2D eigenvalue weighted by Gasteiger charge is -2.09. The SMILES string of the molecule is C=C(C)C(=O)CCCOCCOCCOCCOCCOCCOCCOCCOCCOCCOCCOCCOCCOCCOCCOCCOCCOCCOCCOCCOCCOCCOCCOCCOCCOCCOCCOCCOCCOCCOCCOCCOCCOCCOCCOCCOCCOCCOCCOCCOCCOCCOCCOCCOCCOCCOCCN. The lowest BCUT2D eigenvalue weighted by molar-refractivity contribution is -0.115. The van der Waals surface area contributed by atoms with Crippen LogP contribution in [0.5, 0.6) is 0 Å². The van der Waals surface area contributed by atoms with E-state index >= 15 is 0 Å². The number of hydrogen-bond acceptors (Lipinski definition) is 48. The second-order valence-corrected chi connectivity index (χ2v) is 30.3. The molecule has 0 amide bonds. The maximum Gasteiger partial charge on any atom is 0.158 e. The van der Waals surface area contributed by atoms with Crippen molar-refractivity contribution < 1.29 is 223 Å². The van der Waals surface area contributed by atoms with E-state index in [0.29, 0.717) is 633 Å². The first-order valence-corrected chi connectivity index (χ1v) is 52.6. The van der Waals surface area contributed by atoms with Gasteiger partial charge in [-0.25, -0.2) is 0 Å². The predicted molar refractivity (Wildman–Crippen MR) is 536 cm³/mol. The van der Waals surface area contributed by atoms with Gasteiger partial charge in [-0.1, -0.05) is 6.58 Å². The third-order valence-corrected chi connectivity index (χ3v) is 18.2. The van der Waals surface area contributed by atoms with Gasteiger partial charge >= 0.3 is 0 Å². The molecule has 0 bridgehead atoms. The Morgan fingerprint density at radius 2 is 0.184 bits per heavy atom. The molecule has 0 spiro atoms. The van der Waals surface area contributed by atoms with Gasteiger partial charge in [0.05, 0.1) is 601 Å². The van der Waals surface area contributed by atoms with Crippen molar-refractivity contribution in [3.8, 4) is 0 Å². The Bertz CT molecular complexity index is 2130. The number of allylic oxidation sites excluding steroid dienone is 1. The number of rotatable bonds is 142. The summed E-state index contributed by atoms with van der Waals surface area (Å²) in [6.45, 7) is 50.1. The monoisotopic (exact) mass is 2150 g/mol. The zero-order valence-corrected chi connectivity index (χ0v) is 89.6. The van der Waals surface area contributed by atoms with Crippen LogP contribution < -0.4 is 5.73 Å². The summed E-state index contributed by atoms with van der Waals surface area (Å²) in [5, 5.41) is 0. The van der Waals surface area contributed by atoms with Crippen molar-refractivity contribution in [1.82, 2.24) is 0 Å². The number of hydrogen-bond donors (Lipinski definition) is 1. The highest BCUT2D eigenvalue weighted by atomic mass is 16.7. The Morgan fingerprint density at radius 1 is 0.122 bits per heavy atom. The summed E-state index contributed by atoms with van der Waals surface area (Å²) in [7, 11) is 0. The Balaban J connectivity index is 3.11.